The third kappa shape index (κ3) is 11.0. The fourth-order valence-electron chi connectivity index (χ4n) is 14.9. The van der Waals surface area contributed by atoms with Gasteiger partial charge in [0.15, 0.2) is 0 Å². The molecule has 12 aromatic rings. The van der Waals surface area contributed by atoms with E-state index in [9.17, 15) is 0 Å². The first-order chi connectivity index (χ1) is 45.7. The Labute approximate surface area is 564 Å². The molecule has 0 unspecified atom stereocenters. The van der Waals surface area contributed by atoms with E-state index in [0.29, 0.717) is 0 Å². The van der Waals surface area contributed by atoms with Crippen molar-refractivity contribution in [2.45, 2.75) is 105 Å². The van der Waals surface area contributed by atoms with Gasteiger partial charge in [-0.2, -0.15) is 0 Å². The van der Waals surface area contributed by atoms with Crippen LogP contribution in [-0.2, 0) is 21.7 Å². The standard InChI is InChI=1S/C88H83B2N5/c1-85(2,3)60-36-45-68(46-37-60)91(69-47-38-61(39-48-69)86(4,5)6)72-53-54-76-81(57-72)93(65-26-16-13-17-27-65)78-34-24-22-32-74(78)89(76)64-44-55-80-77(56-64)90-75-33-23-25-35-79(75)94(66-28-18-14-19-29-66)82-58-73(59-83(84(82)90)95(80)67-30-20-15-21-31-67)92(70-49-40-62(41-50-70)87(7,8)9)71-51-42-63(43-52-71)88(10,11)12/h13-59H,1-12H3. The quantitative estimate of drug-likeness (QED) is 0.127. The molecule has 0 atom stereocenters. The molecule has 5 nitrogen and oxygen atoms in total. The first-order valence-electron chi connectivity index (χ1n) is 33.9. The van der Waals surface area contributed by atoms with Crippen molar-refractivity contribution in [3.63, 3.8) is 0 Å². The molecule has 95 heavy (non-hydrogen) atoms. The van der Waals surface area contributed by atoms with Gasteiger partial charge >= 0.3 is 0 Å². The van der Waals surface area contributed by atoms with Crippen molar-refractivity contribution in [2.24, 2.45) is 0 Å². The second-order valence-corrected chi connectivity index (χ2v) is 30.3. The Morgan fingerprint density at radius 3 is 0.926 bits per heavy atom. The van der Waals surface area contributed by atoms with E-state index >= 15 is 0 Å². The van der Waals surface area contributed by atoms with Crippen molar-refractivity contribution in [1.82, 2.24) is 0 Å². The molecule has 0 aromatic heterocycles. The van der Waals surface area contributed by atoms with Crippen LogP contribution in [0.5, 0.6) is 0 Å². The van der Waals surface area contributed by atoms with E-state index in [0.717, 1.165) is 73.9 Å². The highest BCUT2D eigenvalue weighted by Gasteiger charge is 2.45. The zero-order chi connectivity index (χ0) is 65.7. The summed E-state index contributed by atoms with van der Waals surface area (Å²) in [6.07, 6.45) is 0. The highest BCUT2D eigenvalue weighted by molar-refractivity contribution is 7.02. The highest BCUT2D eigenvalue weighted by atomic mass is 15.2. The zero-order valence-corrected chi connectivity index (χ0v) is 57.0. The molecule has 0 radical (unpaired) electrons. The zero-order valence-electron chi connectivity index (χ0n) is 57.0. The van der Waals surface area contributed by atoms with Gasteiger partial charge in [-0.25, -0.2) is 0 Å². The Balaban J connectivity index is 0.961. The second-order valence-electron chi connectivity index (χ2n) is 30.3. The molecule has 3 aliphatic heterocycles. The van der Waals surface area contributed by atoms with Gasteiger partial charge < -0.3 is 24.5 Å². The summed E-state index contributed by atoms with van der Waals surface area (Å²) in [5.74, 6) is 0. The molecule has 466 valence electrons. The minimum atomic E-state index is -0.130. The smallest absolute Gasteiger partial charge is 0.252 e. The maximum absolute atomic E-state index is 2.59. The van der Waals surface area contributed by atoms with Crippen molar-refractivity contribution in [3.05, 3.63) is 307 Å². The number of fused-ring (bicyclic) bond motifs is 6. The summed E-state index contributed by atoms with van der Waals surface area (Å²) in [4.78, 5) is 12.5. The van der Waals surface area contributed by atoms with E-state index < -0.39 is 0 Å². The number of rotatable bonds is 10. The monoisotopic (exact) mass is 1230 g/mol. The lowest BCUT2D eigenvalue weighted by Gasteiger charge is -2.45. The first kappa shape index (κ1) is 61.0. The van der Waals surface area contributed by atoms with Crippen molar-refractivity contribution < 1.29 is 0 Å². The summed E-state index contributed by atoms with van der Waals surface area (Å²) >= 11 is 0. The van der Waals surface area contributed by atoms with Crippen LogP contribution >= 0.6 is 0 Å². The molecular formula is C88H83B2N5. The summed E-state index contributed by atoms with van der Waals surface area (Å²) in [6.45, 7) is 27.3. The van der Waals surface area contributed by atoms with Crippen LogP contribution in [0.2, 0.25) is 0 Å². The Hall–Kier alpha value is -10.2. The van der Waals surface area contributed by atoms with Crippen LogP contribution in [-0.4, -0.2) is 13.4 Å². The van der Waals surface area contributed by atoms with Crippen molar-refractivity contribution in [1.29, 1.82) is 0 Å². The SMILES string of the molecule is CC(C)(C)c1ccc(N(c2ccc(C(C)(C)C)cc2)c2ccc3c(c2)N(c2ccccc2)c2ccccc2B3c2ccc3c(c2)B2c4ccccc4N(c4ccccc4)c4cc(N(c5ccc(C(C)(C)C)cc5)c5ccc(C(C)(C)C)cc5)cc(c42)N3c2ccccc2)cc1. The third-order valence-electron chi connectivity index (χ3n) is 19.9. The summed E-state index contributed by atoms with van der Waals surface area (Å²) in [5, 5.41) is 0. The highest BCUT2D eigenvalue weighted by Crippen LogP contribution is 2.49. The van der Waals surface area contributed by atoms with Crippen LogP contribution < -0.4 is 57.3 Å². The fourth-order valence-corrected chi connectivity index (χ4v) is 14.9. The van der Waals surface area contributed by atoms with E-state index in [-0.39, 0.29) is 35.1 Å². The van der Waals surface area contributed by atoms with Gasteiger partial charge in [-0.3, -0.25) is 0 Å². The van der Waals surface area contributed by atoms with Gasteiger partial charge in [-0.1, -0.05) is 246 Å². The molecule has 0 fully saturated rings. The molecule has 0 saturated carbocycles. The van der Waals surface area contributed by atoms with Crippen LogP contribution in [0.4, 0.5) is 85.3 Å². The molecule has 15 rings (SSSR count). The van der Waals surface area contributed by atoms with Crippen molar-refractivity contribution in [2.75, 3.05) is 24.5 Å². The van der Waals surface area contributed by atoms with Gasteiger partial charge in [0.2, 0.25) is 6.71 Å². The Morgan fingerprint density at radius 2 is 0.537 bits per heavy atom. The molecule has 0 spiro atoms. The molecule has 3 aliphatic rings. The van der Waals surface area contributed by atoms with Gasteiger partial charge in [0.1, 0.15) is 0 Å². The lowest BCUT2D eigenvalue weighted by Crippen LogP contribution is -2.63. The number of para-hydroxylation sites is 5. The van der Waals surface area contributed by atoms with Crippen molar-refractivity contribution >= 4 is 132 Å². The van der Waals surface area contributed by atoms with Gasteiger partial charge in [-0.05, 0) is 199 Å². The number of anilines is 15. The Bertz CT molecular complexity index is 4680. The molecule has 0 N–H and O–H groups in total. The summed E-state index contributed by atoms with van der Waals surface area (Å²) < 4.78 is 0. The molecule has 0 bridgehead atoms. The van der Waals surface area contributed by atoms with Gasteiger partial charge in [0.05, 0.1) is 5.69 Å². The predicted octanol–water partition coefficient (Wildman–Crippen LogP) is 20.2. The predicted molar refractivity (Wildman–Crippen MR) is 410 cm³/mol. The Morgan fingerprint density at radius 1 is 0.232 bits per heavy atom. The normalized spacial score (nSPS) is 13.4. The second kappa shape index (κ2) is 23.4. The van der Waals surface area contributed by atoms with Crippen LogP contribution in [0.3, 0.4) is 0 Å². The van der Waals surface area contributed by atoms with Gasteiger partial charge in [0, 0.05) is 79.6 Å². The molecule has 12 aromatic carbocycles. The number of benzene rings is 12. The van der Waals surface area contributed by atoms with E-state index in [2.05, 4.69) is 393 Å². The first-order valence-corrected chi connectivity index (χ1v) is 33.9. The van der Waals surface area contributed by atoms with Gasteiger partial charge in [-0.15, -0.1) is 0 Å². The summed E-state index contributed by atoms with van der Waals surface area (Å²) in [5.41, 5.74) is 29.6. The van der Waals surface area contributed by atoms with Crippen LogP contribution in [0.1, 0.15) is 105 Å². The molecule has 3 heterocycles. The topological polar surface area (TPSA) is 16.2 Å². The van der Waals surface area contributed by atoms with Crippen LogP contribution in [0.15, 0.2) is 285 Å². The Kier molecular flexibility index (Phi) is 15.0. The molecule has 0 saturated heterocycles. The minimum absolute atomic E-state index is 0.00694. The van der Waals surface area contributed by atoms with Crippen molar-refractivity contribution in [3.8, 4) is 0 Å². The summed E-state index contributed by atoms with van der Waals surface area (Å²) in [6, 6.07) is 108. The molecule has 7 heteroatoms. The van der Waals surface area contributed by atoms with E-state index in [4.69, 9.17) is 0 Å². The maximum Gasteiger partial charge on any atom is 0.252 e. The average Bonchev–Trinajstić information content (AvgIpc) is 0.701. The number of hydrogen-bond donors (Lipinski definition) is 0. The third-order valence-corrected chi connectivity index (χ3v) is 19.9. The van der Waals surface area contributed by atoms with Crippen LogP contribution in [0, 0.1) is 0 Å². The molecular weight excluding hydrogens is 1150 g/mol. The largest absolute Gasteiger partial charge is 0.311 e. The lowest BCUT2D eigenvalue weighted by molar-refractivity contribution is 0.590. The number of hydrogen-bond acceptors (Lipinski definition) is 5. The average molecular weight is 1230 g/mol. The number of nitrogens with zero attached hydrogens (tertiary/aromatic N) is 5. The van der Waals surface area contributed by atoms with E-state index in [1.54, 1.807) is 0 Å². The minimum Gasteiger partial charge on any atom is -0.311 e. The summed E-state index contributed by atoms with van der Waals surface area (Å²) in [7, 11) is 0. The van der Waals surface area contributed by atoms with E-state index in [1.807, 2.05) is 0 Å². The lowest BCUT2D eigenvalue weighted by atomic mass is 9.31. The molecule has 0 aliphatic carbocycles. The van der Waals surface area contributed by atoms with Crippen LogP contribution in [0.25, 0.3) is 0 Å². The van der Waals surface area contributed by atoms with E-state index in [1.165, 1.54) is 66.4 Å². The maximum atomic E-state index is 2.59. The fraction of sp³-hybridized carbons (Fsp3) is 0.182. The molecule has 0 amide bonds. The van der Waals surface area contributed by atoms with Gasteiger partial charge in [0.25, 0.3) is 6.71 Å².